The van der Waals surface area contributed by atoms with Crippen molar-refractivity contribution >= 4 is 52.5 Å². The zero-order valence-electron chi connectivity index (χ0n) is 24.4. The maximum atomic E-state index is 14.6. The SMILES string of the molecule is CC1(C)CCN(C(=O)CCC(=O)N2Cc3ccccc3CC2C(=O)N[C@@H](CCN)C(=O)Nc2ccc(Cl)c(Cl)c2F)CC1. The third-order valence-corrected chi connectivity index (χ3v) is 9.06. The highest BCUT2D eigenvalue weighted by atomic mass is 35.5. The minimum absolute atomic E-state index is 0.00658. The van der Waals surface area contributed by atoms with Crippen LogP contribution in [0.25, 0.3) is 0 Å². The molecule has 0 spiro atoms. The van der Waals surface area contributed by atoms with Gasteiger partial charge in [0.15, 0.2) is 5.82 Å². The summed E-state index contributed by atoms with van der Waals surface area (Å²) in [5.74, 6) is -2.53. The Hall–Kier alpha value is -3.21. The number of halogens is 3. The molecule has 2 aliphatic heterocycles. The van der Waals surface area contributed by atoms with Gasteiger partial charge >= 0.3 is 0 Å². The highest BCUT2D eigenvalue weighted by Crippen LogP contribution is 2.31. The number of benzene rings is 2. The van der Waals surface area contributed by atoms with Crippen molar-refractivity contribution in [1.82, 2.24) is 15.1 Å². The van der Waals surface area contributed by atoms with Crippen molar-refractivity contribution in [1.29, 1.82) is 0 Å². The van der Waals surface area contributed by atoms with E-state index in [1.807, 2.05) is 24.3 Å². The van der Waals surface area contributed by atoms with E-state index in [1.54, 1.807) is 4.90 Å². The molecule has 2 aromatic rings. The zero-order valence-corrected chi connectivity index (χ0v) is 25.9. The van der Waals surface area contributed by atoms with Gasteiger partial charge in [0.2, 0.25) is 23.6 Å². The predicted molar refractivity (Wildman–Crippen MR) is 164 cm³/mol. The second-order valence-electron chi connectivity index (χ2n) is 11.9. The first-order valence-electron chi connectivity index (χ1n) is 14.5. The van der Waals surface area contributed by atoms with E-state index in [9.17, 15) is 23.6 Å². The molecular formula is C31H38Cl2FN5O4. The summed E-state index contributed by atoms with van der Waals surface area (Å²) in [6.45, 7) is 5.96. The van der Waals surface area contributed by atoms with Crippen molar-refractivity contribution in [2.45, 2.75) is 71.0 Å². The molecule has 43 heavy (non-hydrogen) atoms. The van der Waals surface area contributed by atoms with E-state index in [1.165, 1.54) is 17.0 Å². The molecule has 0 bridgehead atoms. The van der Waals surface area contributed by atoms with Crippen LogP contribution in [-0.4, -0.2) is 65.1 Å². The second-order valence-corrected chi connectivity index (χ2v) is 12.7. The minimum Gasteiger partial charge on any atom is -0.343 e. The molecule has 0 aliphatic carbocycles. The molecule has 0 radical (unpaired) electrons. The van der Waals surface area contributed by atoms with Crippen molar-refractivity contribution < 1.29 is 23.6 Å². The van der Waals surface area contributed by atoms with Crippen LogP contribution in [0.2, 0.25) is 10.0 Å². The number of piperidine rings is 1. The smallest absolute Gasteiger partial charge is 0.247 e. The number of fused-ring (bicyclic) bond motifs is 1. The van der Waals surface area contributed by atoms with Gasteiger partial charge in [0.05, 0.1) is 15.7 Å². The predicted octanol–water partition coefficient (Wildman–Crippen LogP) is 4.29. The van der Waals surface area contributed by atoms with Crippen LogP contribution in [0.5, 0.6) is 0 Å². The molecular weight excluding hydrogens is 596 g/mol. The molecule has 0 aromatic heterocycles. The molecule has 12 heteroatoms. The Morgan fingerprint density at radius 2 is 1.67 bits per heavy atom. The third kappa shape index (κ3) is 8.04. The van der Waals surface area contributed by atoms with Gasteiger partial charge in [0.25, 0.3) is 0 Å². The molecule has 1 saturated heterocycles. The van der Waals surface area contributed by atoms with E-state index >= 15 is 0 Å². The Balaban J connectivity index is 1.46. The normalized spacial score (nSPS) is 18.4. The van der Waals surface area contributed by atoms with Crippen LogP contribution in [-0.2, 0) is 32.1 Å². The molecule has 232 valence electrons. The number of carbonyl (C=O) groups is 4. The lowest BCUT2D eigenvalue weighted by Gasteiger charge is -2.38. The van der Waals surface area contributed by atoms with E-state index in [2.05, 4.69) is 24.5 Å². The topological polar surface area (TPSA) is 125 Å². The van der Waals surface area contributed by atoms with Crippen LogP contribution in [0.4, 0.5) is 10.1 Å². The van der Waals surface area contributed by atoms with Gasteiger partial charge in [-0.15, -0.1) is 0 Å². The zero-order chi connectivity index (χ0) is 31.3. The lowest BCUT2D eigenvalue weighted by atomic mass is 9.82. The highest BCUT2D eigenvalue weighted by Gasteiger charge is 2.37. The number of nitrogens with one attached hydrogen (secondary N) is 2. The van der Waals surface area contributed by atoms with E-state index in [4.69, 9.17) is 28.9 Å². The monoisotopic (exact) mass is 633 g/mol. The molecule has 4 amide bonds. The van der Waals surface area contributed by atoms with Crippen molar-refractivity contribution in [2.75, 3.05) is 25.0 Å². The minimum atomic E-state index is -1.11. The van der Waals surface area contributed by atoms with E-state index in [0.29, 0.717) is 13.1 Å². The number of nitrogens with two attached hydrogens (primary N) is 1. The lowest BCUT2D eigenvalue weighted by molar-refractivity contribution is -0.144. The molecule has 2 aromatic carbocycles. The molecule has 2 aliphatic rings. The molecule has 2 atom stereocenters. The third-order valence-electron chi connectivity index (χ3n) is 8.28. The van der Waals surface area contributed by atoms with Crippen LogP contribution < -0.4 is 16.4 Å². The summed E-state index contributed by atoms with van der Waals surface area (Å²) in [5.41, 5.74) is 7.56. The fraction of sp³-hybridized carbons (Fsp3) is 0.484. The van der Waals surface area contributed by atoms with Crippen molar-refractivity contribution in [3.05, 3.63) is 63.4 Å². The summed E-state index contributed by atoms with van der Waals surface area (Å²) in [6, 6.07) is 8.13. The second kappa shape index (κ2) is 14.1. The van der Waals surface area contributed by atoms with E-state index in [0.717, 1.165) is 24.0 Å². The largest absolute Gasteiger partial charge is 0.343 e. The molecule has 0 saturated carbocycles. The van der Waals surface area contributed by atoms with E-state index in [-0.39, 0.29) is 71.7 Å². The number of anilines is 1. The molecule has 9 nitrogen and oxygen atoms in total. The summed E-state index contributed by atoms with van der Waals surface area (Å²) in [6.07, 6.45) is 2.15. The molecule has 4 N–H and O–H groups in total. The van der Waals surface area contributed by atoms with Gasteiger partial charge in [0.1, 0.15) is 12.1 Å². The Morgan fingerprint density at radius 3 is 2.35 bits per heavy atom. The van der Waals surface area contributed by atoms with Gasteiger partial charge in [-0.2, -0.15) is 0 Å². The quantitative estimate of drug-likeness (QED) is 0.355. The lowest BCUT2D eigenvalue weighted by Crippen LogP contribution is -2.56. The van der Waals surface area contributed by atoms with Crippen LogP contribution in [0.3, 0.4) is 0 Å². The van der Waals surface area contributed by atoms with Gasteiger partial charge < -0.3 is 26.2 Å². The highest BCUT2D eigenvalue weighted by molar-refractivity contribution is 6.42. The van der Waals surface area contributed by atoms with Crippen molar-refractivity contribution in [2.24, 2.45) is 11.1 Å². The van der Waals surface area contributed by atoms with Gasteiger partial charge in [-0.3, -0.25) is 19.2 Å². The number of likely N-dealkylation sites (tertiary alicyclic amines) is 1. The Morgan fingerprint density at radius 1 is 1.02 bits per heavy atom. The Kier molecular flexibility index (Phi) is 10.7. The summed E-state index contributed by atoms with van der Waals surface area (Å²) in [5, 5.41) is 4.81. The number of carbonyl (C=O) groups excluding carboxylic acids is 4. The average molecular weight is 635 g/mol. The Bertz CT molecular complexity index is 1380. The molecule has 1 fully saturated rings. The summed E-state index contributed by atoms with van der Waals surface area (Å²) >= 11 is 11.7. The summed E-state index contributed by atoms with van der Waals surface area (Å²) in [4.78, 5) is 56.4. The maximum Gasteiger partial charge on any atom is 0.247 e. The first-order chi connectivity index (χ1) is 20.4. The fourth-order valence-corrected chi connectivity index (χ4v) is 5.75. The summed E-state index contributed by atoms with van der Waals surface area (Å²) < 4.78 is 14.6. The van der Waals surface area contributed by atoms with Gasteiger partial charge in [-0.1, -0.05) is 61.3 Å². The number of rotatable bonds is 9. The number of hydrogen-bond acceptors (Lipinski definition) is 5. The maximum absolute atomic E-state index is 14.6. The molecule has 2 heterocycles. The number of amides is 4. The first-order valence-corrected chi connectivity index (χ1v) is 15.2. The van der Waals surface area contributed by atoms with Crippen LogP contribution >= 0.6 is 23.2 Å². The van der Waals surface area contributed by atoms with Crippen molar-refractivity contribution in [3.63, 3.8) is 0 Å². The fourth-order valence-electron chi connectivity index (χ4n) is 5.44. The number of hydrogen-bond donors (Lipinski definition) is 3. The van der Waals surface area contributed by atoms with Crippen molar-refractivity contribution in [3.8, 4) is 0 Å². The first kappa shape index (κ1) is 32.7. The standard InChI is InChI=1S/C31H38Cl2FN5O4/c1-31(2)12-15-38(16-13-31)25(40)9-10-26(41)39-18-20-6-4-3-5-19(20)17-24(39)30(43)37-23(11-14-35)29(42)36-22-8-7-21(32)27(33)28(22)34/h3-8,23-24H,9-18,35H2,1-2H3,(H,36,42)(H,37,43)/t23-,24?/m0/s1. The van der Waals surface area contributed by atoms with Crippen LogP contribution in [0.15, 0.2) is 36.4 Å². The Labute approximate surface area is 261 Å². The average Bonchev–Trinajstić information content (AvgIpc) is 2.98. The van der Waals surface area contributed by atoms with Crippen LogP contribution in [0, 0.1) is 11.2 Å². The van der Waals surface area contributed by atoms with Gasteiger partial charge in [-0.25, -0.2) is 4.39 Å². The van der Waals surface area contributed by atoms with E-state index < -0.39 is 29.7 Å². The van der Waals surface area contributed by atoms with Gasteiger partial charge in [-0.05, 0) is 54.5 Å². The molecule has 1 unspecified atom stereocenters. The number of nitrogens with zero attached hydrogens (tertiary/aromatic N) is 2. The molecule has 4 rings (SSSR count). The van der Waals surface area contributed by atoms with Crippen LogP contribution in [0.1, 0.15) is 57.1 Å². The van der Waals surface area contributed by atoms with Gasteiger partial charge in [0, 0.05) is 38.9 Å². The summed E-state index contributed by atoms with van der Waals surface area (Å²) in [7, 11) is 0.